The Morgan fingerprint density at radius 1 is 1.36 bits per heavy atom. The van der Waals surface area contributed by atoms with E-state index in [-0.39, 0.29) is 13.0 Å². The van der Waals surface area contributed by atoms with Crippen molar-refractivity contribution in [3.8, 4) is 0 Å². The van der Waals surface area contributed by atoms with E-state index in [9.17, 15) is 18.4 Å². The summed E-state index contributed by atoms with van der Waals surface area (Å²) in [4.78, 5) is 23.5. The van der Waals surface area contributed by atoms with Crippen molar-refractivity contribution < 1.29 is 18.4 Å². The fourth-order valence-electron chi connectivity index (χ4n) is 1.31. The number of likely N-dealkylation sites (tertiary alicyclic amines) is 1. The molecule has 1 aliphatic heterocycles. The highest BCUT2D eigenvalue weighted by atomic mass is 19.3. The number of ketones is 1. The van der Waals surface area contributed by atoms with Crippen molar-refractivity contribution in [3.63, 3.8) is 0 Å². The maximum Gasteiger partial charge on any atom is 0.290 e. The Bertz CT molecular complexity index is 264. The first-order chi connectivity index (χ1) is 6.33. The zero-order valence-corrected chi connectivity index (χ0v) is 8.22. The van der Waals surface area contributed by atoms with Crippen molar-refractivity contribution in [2.45, 2.75) is 26.2 Å². The van der Waals surface area contributed by atoms with Gasteiger partial charge in [0.15, 0.2) is 0 Å². The van der Waals surface area contributed by atoms with Gasteiger partial charge in [0.05, 0.1) is 6.54 Å². The third-order valence-electron chi connectivity index (χ3n) is 2.19. The molecule has 1 heterocycles. The zero-order chi connectivity index (χ0) is 10.9. The number of nitrogens with zero attached hydrogens (tertiary/aromatic N) is 1. The summed E-state index contributed by atoms with van der Waals surface area (Å²) in [5, 5.41) is 0. The second-order valence-corrected chi connectivity index (χ2v) is 3.85. The molecule has 0 aromatic carbocycles. The van der Waals surface area contributed by atoms with Gasteiger partial charge in [0, 0.05) is 18.9 Å². The molecule has 1 rings (SSSR count). The molecular weight excluding hydrogens is 192 g/mol. The van der Waals surface area contributed by atoms with Crippen molar-refractivity contribution in [2.24, 2.45) is 5.92 Å². The van der Waals surface area contributed by atoms with E-state index in [0.717, 1.165) is 4.90 Å². The van der Waals surface area contributed by atoms with Gasteiger partial charge in [-0.05, 0) is 0 Å². The van der Waals surface area contributed by atoms with Crippen LogP contribution in [0, 0.1) is 5.92 Å². The Morgan fingerprint density at radius 2 is 1.93 bits per heavy atom. The molecule has 1 fully saturated rings. The van der Waals surface area contributed by atoms with E-state index < -0.39 is 30.1 Å². The van der Waals surface area contributed by atoms with Crippen LogP contribution in [0.2, 0.25) is 0 Å². The molecule has 0 aliphatic carbocycles. The molecule has 3 nitrogen and oxygen atoms in total. The van der Waals surface area contributed by atoms with E-state index >= 15 is 0 Å². The van der Waals surface area contributed by atoms with E-state index in [1.165, 1.54) is 0 Å². The number of Topliss-reactive ketones (excluding diaryl/α,β-unsaturated/α-hetero) is 1. The Morgan fingerprint density at radius 3 is 2.29 bits per heavy atom. The van der Waals surface area contributed by atoms with Crippen LogP contribution in [-0.4, -0.2) is 35.6 Å². The lowest BCUT2D eigenvalue weighted by atomic mass is 10.1. The largest absolute Gasteiger partial charge is 0.330 e. The van der Waals surface area contributed by atoms with Crippen molar-refractivity contribution in [2.75, 3.05) is 13.1 Å². The van der Waals surface area contributed by atoms with Gasteiger partial charge in [-0.25, -0.2) is 8.78 Å². The summed E-state index contributed by atoms with van der Waals surface area (Å²) in [5.41, 5.74) is 0. The second-order valence-electron chi connectivity index (χ2n) is 3.85. The highest BCUT2D eigenvalue weighted by Gasteiger charge is 2.41. The maximum absolute atomic E-state index is 12.7. The fourth-order valence-corrected chi connectivity index (χ4v) is 1.31. The van der Waals surface area contributed by atoms with Crippen molar-refractivity contribution in [1.29, 1.82) is 0 Å². The summed E-state index contributed by atoms with van der Waals surface area (Å²) in [5.74, 6) is -4.64. The predicted molar refractivity (Wildman–Crippen MR) is 46.0 cm³/mol. The molecular formula is C9H13F2NO2. The standard InChI is InChI=1S/C9H13F2NO2/c1-6(2)7(13)8(14)12-4-3-9(10,11)5-12/h6H,3-5H2,1-2H3. The first-order valence-electron chi connectivity index (χ1n) is 4.54. The predicted octanol–water partition coefficient (Wildman–Crippen LogP) is 1.08. The highest BCUT2D eigenvalue weighted by Crippen LogP contribution is 2.26. The molecule has 5 heteroatoms. The molecule has 1 amide bonds. The van der Waals surface area contributed by atoms with E-state index in [1.54, 1.807) is 13.8 Å². The number of halogens is 2. The maximum atomic E-state index is 12.7. The molecule has 0 aromatic heterocycles. The number of amides is 1. The molecule has 14 heavy (non-hydrogen) atoms. The molecule has 1 aliphatic rings. The molecule has 1 saturated heterocycles. The average Bonchev–Trinajstić information content (AvgIpc) is 2.43. The Kier molecular flexibility index (Phi) is 2.87. The monoisotopic (exact) mass is 205 g/mol. The van der Waals surface area contributed by atoms with Gasteiger partial charge in [0.25, 0.3) is 11.8 Å². The van der Waals surface area contributed by atoms with Gasteiger partial charge in [-0.1, -0.05) is 13.8 Å². The Hall–Kier alpha value is -1.00. The van der Waals surface area contributed by atoms with Gasteiger partial charge in [-0.3, -0.25) is 9.59 Å². The van der Waals surface area contributed by atoms with Gasteiger partial charge >= 0.3 is 0 Å². The number of carbonyl (C=O) groups excluding carboxylic acids is 2. The molecule has 0 radical (unpaired) electrons. The van der Waals surface area contributed by atoms with Gasteiger partial charge in [-0.15, -0.1) is 0 Å². The van der Waals surface area contributed by atoms with Gasteiger partial charge in [-0.2, -0.15) is 0 Å². The number of carbonyl (C=O) groups is 2. The van der Waals surface area contributed by atoms with Crippen LogP contribution in [0.3, 0.4) is 0 Å². The van der Waals surface area contributed by atoms with Crippen LogP contribution in [0.5, 0.6) is 0 Å². The third kappa shape index (κ3) is 2.27. The zero-order valence-electron chi connectivity index (χ0n) is 8.22. The minimum Gasteiger partial charge on any atom is -0.330 e. The first-order valence-corrected chi connectivity index (χ1v) is 4.54. The van der Waals surface area contributed by atoms with Crippen molar-refractivity contribution in [3.05, 3.63) is 0 Å². The Balaban J connectivity index is 2.60. The first kappa shape index (κ1) is 11.1. The number of rotatable bonds is 2. The molecule has 0 unspecified atom stereocenters. The minimum absolute atomic E-state index is 0.0235. The van der Waals surface area contributed by atoms with Crippen LogP contribution in [-0.2, 0) is 9.59 Å². The van der Waals surface area contributed by atoms with Crippen LogP contribution in [0.4, 0.5) is 8.78 Å². The number of alkyl halides is 2. The second kappa shape index (κ2) is 3.63. The lowest BCUT2D eigenvalue weighted by Crippen LogP contribution is -2.38. The molecule has 0 N–H and O–H groups in total. The van der Waals surface area contributed by atoms with E-state index in [0.29, 0.717) is 0 Å². The van der Waals surface area contributed by atoms with E-state index in [4.69, 9.17) is 0 Å². The quantitative estimate of drug-likeness (QED) is 0.632. The van der Waals surface area contributed by atoms with Crippen LogP contribution < -0.4 is 0 Å². The summed E-state index contributed by atoms with van der Waals surface area (Å²) in [6.07, 6.45) is -0.343. The van der Waals surface area contributed by atoms with Gasteiger partial charge in [0.1, 0.15) is 0 Å². The highest BCUT2D eigenvalue weighted by molar-refractivity contribution is 6.36. The van der Waals surface area contributed by atoms with Gasteiger partial charge < -0.3 is 4.90 Å². The van der Waals surface area contributed by atoms with Crippen molar-refractivity contribution >= 4 is 11.7 Å². The average molecular weight is 205 g/mol. The minimum atomic E-state index is -2.83. The summed E-state index contributed by atoms with van der Waals surface area (Å²) in [6.45, 7) is 2.51. The summed E-state index contributed by atoms with van der Waals surface area (Å²) in [7, 11) is 0. The van der Waals surface area contributed by atoms with E-state index in [2.05, 4.69) is 0 Å². The molecule has 0 spiro atoms. The molecule has 0 aromatic rings. The van der Waals surface area contributed by atoms with Crippen LogP contribution in [0.15, 0.2) is 0 Å². The normalized spacial score (nSPS) is 20.2. The van der Waals surface area contributed by atoms with Crippen molar-refractivity contribution in [1.82, 2.24) is 4.90 Å². The smallest absolute Gasteiger partial charge is 0.290 e. The summed E-state index contributed by atoms with van der Waals surface area (Å²) >= 11 is 0. The summed E-state index contributed by atoms with van der Waals surface area (Å²) < 4.78 is 25.4. The lowest BCUT2D eigenvalue weighted by molar-refractivity contribution is -0.146. The third-order valence-corrected chi connectivity index (χ3v) is 2.19. The van der Waals surface area contributed by atoms with E-state index in [1.807, 2.05) is 0 Å². The molecule has 0 bridgehead atoms. The number of hydrogen-bond acceptors (Lipinski definition) is 2. The van der Waals surface area contributed by atoms with Crippen LogP contribution >= 0.6 is 0 Å². The fraction of sp³-hybridized carbons (Fsp3) is 0.778. The lowest BCUT2D eigenvalue weighted by Gasteiger charge is -2.15. The molecule has 0 saturated carbocycles. The SMILES string of the molecule is CC(C)C(=O)C(=O)N1CCC(F)(F)C1. The topological polar surface area (TPSA) is 37.4 Å². The molecule has 0 atom stereocenters. The Labute approximate surface area is 81.1 Å². The van der Waals surface area contributed by atoms with Crippen LogP contribution in [0.1, 0.15) is 20.3 Å². The molecule has 80 valence electrons. The van der Waals surface area contributed by atoms with Crippen LogP contribution in [0.25, 0.3) is 0 Å². The summed E-state index contributed by atoms with van der Waals surface area (Å²) in [6, 6.07) is 0. The van der Waals surface area contributed by atoms with Gasteiger partial charge in [0.2, 0.25) is 5.78 Å². The number of hydrogen-bond donors (Lipinski definition) is 0.